The quantitative estimate of drug-likeness (QED) is 0.756. The number of aromatic nitrogens is 2. The molecule has 17 heavy (non-hydrogen) atoms. The van der Waals surface area contributed by atoms with Gasteiger partial charge in [0, 0.05) is 17.7 Å². The zero-order valence-electron chi connectivity index (χ0n) is 10.3. The Hall–Kier alpha value is -1.41. The molecule has 2 rings (SSSR count). The van der Waals surface area contributed by atoms with E-state index in [-0.39, 0.29) is 0 Å². The van der Waals surface area contributed by atoms with Crippen molar-refractivity contribution in [1.82, 2.24) is 9.97 Å². The molecule has 1 aromatic carbocycles. The Bertz CT molecular complexity index is 527. The van der Waals surface area contributed by atoms with Gasteiger partial charge in [0.15, 0.2) is 0 Å². The minimum Gasteiger partial charge on any atom is -0.238 e. The molecule has 0 saturated carbocycles. The summed E-state index contributed by atoms with van der Waals surface area (Å²) in [6.07, 6.45) is 0.784. The third kappa shape index (κ3) is 2.83. The molecule has 0 amide bonds. The van der Waals surface area contributed by atoms with Crippen LogP contribution in [0.5, 0.6) is 0 Å². The molecular formula is C14H15ClN2. The van der Waals surface area contributed by atoms with E-state index in [2.05, 4.69) is 41.2 Å². The molecule has 0 radical (unpaired) electrons. The van der Waals surface area contributed by atoms with Gasteiger partial charge >= 0.3 is 0 Å². The van der Waals surface area contributed by atoms with Crippen LogP contribution in [0.15, 0.2) is 24.3 Å². The summed E-state index contributed by atoms with van der Waals surface area (Å²) in [5.74, 6) is 0.723. The molecule has 0 unspecified atom stereocenters. The first-order valence-electron chi connectivity index (χ1n) is 5.61. The summed E-state index contributed by atoms with van der Waals surface area (Å²) in [6.45, 7) is 5.92. The minimum absolute atomic E-state index is 0.566. The Morgan fingerprint density at radius 3 is 2.53 bits per heavy atom. The van der Waals surface area contributed by atoms with Crippen molar-refractivity contribution in [3.63, 3.8) is 0 Å². The van der Waals surface area contributed by atoms with Crippen LogP contribution in [0.4, 0.5) is 0 Å². The second kappa shape index (κ2) is 4.84. The summed E-state index contributed by atoms with van der Waals surface area (Å²) >= 11 is 6.17. The molecule has 88 valence electrons. The zero-order chi connectivity index (χ0) is 12.4. The van der Waals surface area contributed by atoms with Crippen molar-refractivity contribution >= 4 is 11.6 Å². The molecule has 2 nitrogen and oxygen atoms in total. The van der Waals surface area contributed by atoms with Crippen LogP contribution >= 0.6 is 11.6 Å². The molecule has 1 heterocycles. The van der Waals surface area contributed by atoms with Crippen molar-refractivity contribution in [2.24, 2.45) is 0 Å². The number of hydrogen-bond donors (Lipinski definition) is 0. The van der Waals surface area contributed by atoms with Gasteiger partial charge in [-0.2, -0.15) is 0 Å². The smallest absolute Gasteiger partial charge is 0.136 e. The van der Waals surface area contributed by atoms with Crippen molar-refractivity contribution in [3.05, 3.63) is 57.6 Å². The largest absolute Gasteiger partial charge is 0.238 e. The van der Waals surface area contributed by atoms with Gasteiger partial charge in [-0.1, -0.05) is 41.4 Å². The van der Waals surface area contributed by atoms with Crippen LogP contribution in [-0.2, 0) is 6.42 Å². The summed E-state index contributed by atoms with van der Waals surface area (Å²) in [5.41, 5.74) is 4.47. The van der Waals surface area contributed by atoms with Crippen molar-refractivity contribution in [1.29, 1.82) is 0 Å². The Morgan fingerprint density at radius 2 is 1.88 bits per heavy atom. The molecule has 0 fully saturated rings. The van der Waals surface area contributed by atoms with Gasteiger partial charge in [0.1, 0.15) is 11.0 Å². The van der Waals surface area contributed by atoms with Gasteiger partial charge in [0.2, 0.25) is 0 Å². The second-order valence-corrected chi connectivity index (χ2v) is 4.65. The fourth-order valence-electron chi connectivity index (χ4n) is 1.92. The van der Waals surface area contributed by atoms with Gasteiger partial charge in [-0.05, 0) is 26.3 Å². The minimum atomic E-state index is 0.566. The van der Waals surface area contributed by atoms with E-state index in [1.54, 1.807) is 0 Å². The van der Waals surface area contributed by atoms with Gasteiger partial charge in [0.25, 0.3) is 0 Å². The third-order valence-corrected chi connectivity index (χ3v) is 3.05. The first-order valence-corrected chi connectivity index (χ1v) is 5.99. The Morgan fingerprint density at radius 1 is 1.12 bits per heavy atom. The van der Waals surface area contributed by atoms with Crippen LogP contribution < -0.4 is 0 Å². The summed E-state index contributed by atoms with van der Waals surface area (Å²) in [4.78, 5) is 8.56. The highest BCUT2D eigenvalue weighted by Gasteiger charge is 2.09. The number of rotatable bonds is 2. The van der Waals surface area contributed by atoms with E-state index in [0.717, 1.165) is 23.5 Å². The van der Waals surface area contributed by atoms with Crippen LogP contribution in [-0.4, -0.2) is 9.97 Å². The average molecular weight is 247 g/mol. The Labute approximate surface area is 107 Å². The lowest BCUT2D eigenvalue weighted by atomic mass is 10.0. The van der Waals surface area contributed by atoms with Gasteiger partial charge in [-0.25, -0.2) is 9.97 Å². The molecule has 0 aliphatic rings. The average Bonchev–Trinajstić information content (AvgIpc) is 2.23. The van der Waals surface area contributed by atoms with Crippen molar-refractivity contribution in [3.8, 4) is 0 Å². The topological polar surface area (TPSA) is 25.8 Å². The molecule has 0 aliphatic heterocycles. The predicted octanol–water partition coefficient (Wildman–Crippen LogP) is 3.65. The van der Waals surface area contributed by atoms with Crippen molar-refractivity contribution in [2.75, 3.05) is 0 Å². The molecule has 0 bridgehead atoms. The number of benzene rings is 1. The van der Waals surface area contributed by atoms with Crippen LogP contribution in [0.2, 0.25) is 5.15 Å². The summed E-state index contributed by atoms with van der Waals surface area (Å²) < 4.78 is 0. The van der Waals surface area contributed by atoms with E-state index >= 15 is 0 Å². The first kappa shape index (κ1) is 12.1. The number of halogens is 1. The second-order valence-electron chi connectivity index (χ2n) is 4.29. The van der Waals surface area contributed by atoms with Crippen LogP contribution in [0, 0.1) is 20.8 Å². The molecule has 1 aromatic heterocycles. The first-order chi connectivity index (χ1) is 8.06. The molecule has 2 aromatic rings. The standard InChI is InChI=1S/C14H15ClN2/c1-9-5-4-6-12(7-9)8-13-10(2)16-11(3)17-14(13)15/h4-7H,8H2,1-3H3. The van der Waals surface area contributed by atoms with E-state index in [0.29, 0.717) is 5.15 Å². The maximum atomic E-state index is 6.17. The number of nitrogens with zero attached hydrogens (tertiary/aromatic N) is 2. The van der Waals surface area contributed by atoms with Gasteiger partial charge in [-0.15, -0.1) is 0 Å². The fraction of sp³-hybridized carbons (Fsp3) is 0.286. The highest BCUT2D eigenvalue weighted by Crippen LogP contribution is 2.20. The molecule has 0 aliphatic carbocycles. The van der Waals surface area contributed by atoms with Gasteiger partial charge < -0.3 is 0 Å². The van der Waals surface area contributed by atoms with E-state index in [9.17, 15) is 0 Å². The van der Waals surface area contributed by atoms with E-state index in [1.165, 1.54) is 11.1 Å². The summed E-state index contributed by atoms with van der Waals surface area (Å²) in [6, 6.07) is 8.41. The van der Waals surface area contributed by atoms with Gasteiger partial charge in [-0.3, -0.25) is 0 Å². The maximum Gasteiger partial charge on any atom is 0.136 e. The zero-order valence-corrected chi connectivity index (χ0v) is 11.0. The molecule has 3 heteroatoms. The molecular weight excluding hydrogens is 232 g/mol. The maximum absolute atomic E-state index is 6.17. The van der Waals surface area contributed by atoms with Crippen molar-refractivity contribution in [2.45, 2.75) is 27.2 Å². The lowest BCUT2D eigenvalue weighted by Crippen LogP contribution is -2.01. The van der Waals surface area contributed by atoms with E-state index < -0.39 is 0 Å². The highest BCUT2D eigenvalue weighted by molar-refractivity contribution is 6.30. The normalized spacial score (nSPS) is 10.6. The van der Waals surface area contributed by atoms with Crippen LogP contribution in [0.25, 0.3) is 0 Å². The molecule has 0 atom stereocenters. The SMILES string of the molecule is Cc1cccc(Cc2c(C)nc(C)nc2Cl)c1. The molecule has 0 saturated heterocycles. The monoisotopic (exact) mass is 246 g/mol. The summed E-state index contributed by atoms with van der Waals surface area (Å²) in [7, 11) is 0. The molecule has 0 N–H and O–H groups in total. The van der Waals surface area contributed by atoms with Crippen LogP contribution in [0.3, 0.4) is 0 Å². The van der Waals surface area contributed by atoms with E-state index in [4.69, 9.17) is 11.6 Å². The van der Waals surface area contributed by atoms with Crippen molar-refractivity contribution < 1.29 is 0 Å². The summed E-state index contributed by atoms with van der Waals surface area (Å²) in [5, 5.41) is 0.566. The number of aryl methyl sites for hydroxylation is 3. The lowest BCUT2D eigenvalue weighted by Gasteiger charge is -2.08. The predicted molar refractivity (Wildman–Crippen MR) is 70.5 cm³/mol. The lowest BCUT2D eigenvalue weighted by molar-refractivity contribution is 0.959. The van der Waals surface area contributed by atoms with Gasteiger partial charge in [0.05, 0.1) is 0 Å². The Kier molecular flexibility index (Phi) is 3.43. The van der Waals surface area contributed by atoms with E-state index in [1.807, 2.05) is 13.8 Å². The highest BCUT2D eigenvalue weighted by atomic mass is 35.5. The number of hydrogen-bond acceptors (Lipinski definition) is 2. The van der Waals surface area contributed by atoms with Crippen LogP contribution in [0.1, 0.15) is 28.2 Å². The third-order valence-electron chi connectivity index (χ3n) is 2.74. The fourth-order valence-corrected chi connectivity index (χ4v) is 2.25. The Balaban J connectivity index is 2.36. The molecule has 0 spiro atoms.